The van der Waals surface area contributed by atoms with Crippen molar-refractivity contribution in [1.82, 2.24) is 9.88 Å². The van der Waals surface area contributed by atoms with Gasteiger partial charge in [0, 0.05) is 18.9 Å². The molecule has 114 valence electrons. The molecule has 1 aromatic heterocycles. The van der Waals surface area contributed by atoms with Crippen molar-refractivity contribution in [2.75, 3.05) is 18.6 Å². The van der Waals surface area contributed by atoms with Crippen LogP contribution >= 0.6 is 11.8 Å². The first-order valence-electron chi connectivity index (χ1n) is 7.85. The van der Waals surface area contributed by atoms with Gasteiger partial charge < -0.3 is 9.88 Å². The normalized spacial score (nSPS) is 28.0. The number of hydrogen-bond donors (Lipinski definition) is 1. The number of rotatable bonds is 7. The second kappa shape index (κ2) is 6.73. The molecule has 1 aromatic rings. The summed E-state index contributed by atoms with van der Waals surface area (Å²) >= 11 is 1.80. The highest BCUT2D eigenvalue weighted by Crippen LogP contribution is 2.42. The predicted molar refractivity (Wildman–Crippen MR) is 88.3 cm³/mol. The van der Waals surface area contributed by atoms with Crippen LogP contribution in [0.5, 0.6) is 0 Å². The fourth-order valence-electron chi connectivity index (χ4n) is 3.68. The van der Waals surface area contributed by atoms with Crippen LogP contribution in [0.25, 0.3) is 0 Å². The Bertz CT molecular complexity index is 497. The molecule has 1 N–H and O–H groups in total. The Kier molecular flexibility index (Phi) is 4.73. The molecule has 3 nitrogen and oxygen atoms in total. The Morgan fingerprint density at radius 2 is 2.14 bits per heavy atom. The standard InChI is InChI=1S/C17H24N2OS/c1-21-9-6-16(19-7-2-3-8-19)17(20)18-12-15-11-13-4-5-14(15)10-13/h2-5,7-8,13-16H,6,9-12H2,1H3,(H,18,20). The van der Waals surface area contributed by atoms with Crippen LogP contribution in [0, 0.1) is 17.8 Å². The van der Waals surface area contributed by atoms with Crippen LogP contribution in [-0.2, 0) is 4.79 Å². The van der Waals surface area contributed by atoms with Gasteiger partial charge in [0.25, 0.3) is 0 Å². The number of fused-ring (bicyclic) bond motifs is 2. The highest BCUT2D eigenvalue weighted by Gasteiger charge is 2.35. The van der Waals surface area contributed by atoms with Crippen LogP contribution in [0.2, 0.25) is 0 Å². The Morgan fingerprint density at radius 3 is 2.76 bits per heavy atom. The lowest BCUT2D eigenvalue weighted by molar-refractivity contribution is -0.124. The summed E-state index contributed by atoms with van der Waals surface area (Å²) in [7, 11) is 0. The molecule has 2 aliphatic carbocycles. The molecule has 0 aliphatic heterocycles. The van der Waals surface area contributed by atoms with E-state index < -0.39 is 0 Å². The molecule has 4 atom stereocenters. The van der Waals surface area contributed by atoms with Crippen molar-refractivity contribution in [3.8, 4) is 0 Å². The topological polar surface area (TPSA) is 34.0 Å². The zero-order chi connectivity index (χ0) is 14.7. The van der Waals surface area contributed by atoms with Gasteiger partial charge in [-0.3, -0.25) is 4.79 Å². The zero-order valence-corrected chi connectivity index (χ0v) is 13.4. The van der Waals surface area contributed by atoms with Gasteiger partial charge in [-0.2, -0.15) is 11.8 Å². The van der Waals surface area contributed by atoms with Crippen molar-refractivity contribution in [1.29, 1.82) is 0 Å². The quantitative estimate of drug-likeness (QED) is 0.785. The SMILES string of the molecule is CSCCC(C(=O)NCC1CC2C=CC1C2)n1cccc1. The van der Waals surface area contributed by atoms with Crippen LogP contribution in [0.15, 0.2) is 36.7 Å². The number of allylic oxidation sites excluding steroid dienone is 2. The Labute approximate surface area is 131 Å². The van der Waals surface area contributed by atoms with E-state index in [-0.39, 0.29) is 11.9 Å². The first kappa shape index (κ1) is 14.8. The maximum atomic E-state index is 12.6. The summed E-state index contributed by atoms with van der Waals surface area (Å²) in [6, 6.07) is 3.90. The van der Waals surface area contributed by atoms with Crippen molar-refractivity contribution in [3.05, 3.63) is 36.7 Å². The molecule has 2 aliphatic rings. The minimum atomic E-state index is -0.0680. The molecule has 0 aromatic carbocycles. The van der Waals surface area contributed by atoms with Crippen LogP contribution in [0.3, 0.4) is 0 Å². The molecule has 0 radical (unpaired) electrons. The van der Waals surface area contributed by atoms with Crippen LogP contribution in [-0.4, -0.2) is 29.0 Å². The number of nitrogens with zero attached hydrogens (tertiary/aromatic N) is 1. The molecular weight excluding hydrogens is 280 g/mol. The van der Waals surface area contributed by atoms with Gasteiger partial charge in [0.15, 0.2) is 0 Å². The van der Waals surface area contributed by atoms with Gasteiger partial charge >= 0.3 is 0 Å². The number of thioether (sulfide) groups is 1. The first-order valence-corrected chi connectivity index (χ1v) is 9.24. The number of hydrogen-bond acceptors (Lipinski definition) is 2. The summed E-state index contributed by atoms with van der Waals surface area (Å²) in [5.74, 6) is 3.30. The minimum Gasteiger partial charge on any atom is -0.354 e. The molecule has 1 saturated carbocycles. The largest absolute Gasteiger partial charge is 0.354 e. The number of aromatic nitrogens is 1. The van der Waals surface area contributed by atoms with Crippen LogP contribution in [0.4, 0.5) is 0 Å². The summed E-state index contributed by atoms with van der Waals surface area (Å²) in [5, 5.41) is 3.20. The minimum absolute atomic E-state index is 0.0680. The van der Waals surface area contributed by atoms with E-state index in [1.807, 2.05) is 29.1 Å². The van der Waals surface area contributed by atoms with E-state index in [1.165, 1.54) is 12.8 Å². The summed E-state index contributed by atoms with van der Waals surface area (Å²) in [5.41, 5.74) is 0. The molecule has 2 bridgehead atoms. The van der Waals surface area contributed by atoms with Crippen molar-refractivity contribution < 1.29 is 4.79 Å². The highest BCUT2D eigenvalue weighted by atomic mass is 32.2. The van der Waals surface area contributed by atoms with Crippen LogP contribution in [0.1, 0.15) is 25.3 Å². The van der Waals surface area contributed by atoms with E-state index >= 15 is 0 Å². The average molecular weight is 304 g/mol. The van der Waals surface area contributed by atoms with E-state index in [4.69, 9.17) is 0 Å². The smallest absolute Gasteiger partial charge is 0.243 e. The summed E-state index contributed by atoms with van der Waals surface area (Å²) < 4.78 is 2.03. The van der Waals surface area contributed by atoms with E-state index in [9.17, 15) is 4.79 Å². The molecule has 0 saturated heterocycles. The third-order valence-electron chi connectivity index (χ3n) is 4.84. The Balaban J connectivity index is 1.55. The lowest BCUT2D eigenvalue weighted by Gasteiger charge is -2.22. The number of carbonyl (C=O) groups is 1. The fourth-order valence-corrected chi connectivity index (χ4v) is 4.14. The van der Waals surface area contributed by atoms with Gasteiger partial charge in [0.1, 0.15) is 6.04 Å². The van der Waals surface area contributed by atoms with Crippen molar-refractivity contribution in [2.24, 2.45) is 17.8 Å². The Hall–Kier alpha value is -1.16. The van der Waals surface area contributed by atoms with Crippen molar-refractivity contribution in [2.45, 2.75) is 25.3 Å². The molecule has 3 rings (SSSR count). The number of amides is 1. The van der Waals surface area contributed by atoms with E-state index in [2.05, 4.69) is 23.7 Å². The predicted octanol–water partition coefficient (Wildman–Crippen LogP) is 3.11. The molecule has 1 amide bonds. The van der Waals surface area contributed by atoms with Gasteiger partial charge in [0.2, 0.25) is 5.91 Å². The Morgan fingerprint density at radius 1 is 1.33 bits per heavy atom. The lowest BCUT2D eigenvalue weighted by atomic mass is 9.93. The molecule has 0 spiro atoms. The fraction of sp³-hybridized carbons (Fsp3) is 0.588. The van der Waals surface area contributed by atoms with E-state index in [0.717, 1.165) is 24.6 Å². The van der Waals surface area contributed by atoms with E-state index in [1.54, 1.807) is 11.8 Å². The van der Waals surface area contributed by atoms with Crippen molar-refractivity contribution in [3.63, 3.8) is 0 Å². The molecule has 21 heavy (non-hydrogen) atoms. The second-order valence-corrected chi connectivity index (χ2v) is 7.20. The second-order valence-electron chi connectivity index (χ2n) is 6.21. The summed E-state index contributed by atoms with van der Waals surface area (Å²) in [6.07, 6.45) is 14.2. The highest BCUT2D eigenvalue weighted by molar-refractivity contribution is 7.98. The molecule has 1 fully saturated rings. The number of nitrogens with one attached hydrogen (secondary N) is 1. The average Bonchev–Trinajstić information content (AvgIpc) is 3.22. The molecule has 4 unspecified atom stereocenters. The van der Waals surface area contributed by atoms with Crippen molar-refractivity contribution >= 4 is 17.7 Å². The third-order valence-corrected chi connectivity index (χ3v) is 5.48. The van der Waals surface area contributed by atoms with Crippen LogP contribution < -0.4 is 5.32 Å². The lowest BCUT2D eigenvalue weighted by Crippen LogP contribution is -2.36. The van der Waals surface area contributed by atoms with Gasteiger partial charge in [-0.15, -0.1) is 0 Å². The summed E-state index contributed by atoms with van der Waals surface area (Å²) in [4.78, 5) is 12.6. The first-order chi connectivity index (χ1) is 10.3. The maximum Gasteiger partial charge on any atom is 0.243 e. The van der Waals surface area contributed by atoms with Gasteiger partial charge in [0.05, 0.1) is 0 Å². The summed E-state index contributed by atoms with van der Waals surface area (Å²) in [6.45, 7) is 0.835. The molecule has 4 heteroatoms. The maximum absolute atomic E-state index is 12.6. The van der Waals surface area contributed by atoms with Gasteiger partial charge in [-0.25, -0.2) is 0 Å². The molecular formula is C17H24N2OS. The molecule has 1 heterocycles. The van der Waals surface area contributed by atoms with Gasteiger partial charge in [-0.05, 0) is 61.2 Å². The monoisotopic (exact) mass is 304 g/mol. The third kappa shape index (κ3) is 3.37. The van der Waals surface area contributed by atoms with E-state index in [0.29, 0.717) is 11.8 Å². The number of carbonyl (C=O) groups excluding carboxylic acids is 1. The zero-order valence-electron chi connectivity index (χ0n) is 12.6. The van der Waals surface area contributed by atoms with Gasteiger partial charge in [-0.1, -0.05) is 12.2 Å².